The minimum atomic E-state index is -0.355. The number of nitrogens with two attached hydrogens (primary N) is 2. The minimum Gasteiger partial charge on any atom is -0.370 e. The predicted molar refractivity (Wildman–Crippen MR) is 63.3 cm³/mol. The zero-order chi connectivity index (χ0) is 11.3. The Morgan fingerprint density at radius 1 is 1.40 bits per heavy atom. The van der Waals surface area contributed by atoms with E-state index in [-0.39, 0.29) is 12.6 Å². The lowest BCUT2D eigenvalue weighted by Crippen LogP contribution is -2.22. The molecular weight excluding hydrogens is 261 g/mol. The SMILES string of the molecule is NC(N)=NCc1ccc(CCF)c(Br)c1. The summed E-state index contributed by atoms with van der Waals surface area (Å²) in [5.74, 6) is 0.0685. The molecule has 82 valence electrons. The summed E-state index contributed by atoms with van der Waals surface area (Å²) >= 11 is 3.38. The molecule has 0 saturated carbocycles. The molecule has 0 aliphatic rings. The van der Waals surface area contributed by atoms with E-state index in [4.69, 9.17) is 11.5 Å². The highest BCUT2D eigenvalue weighted by atomic mass is 79.9. The maximum Gasteiger partial charge on any atom is 0.186 e. The van der Waals surface area contributed by atoms with Crippen LogP contribution in [0.15, 0.2) is 27.7 Å². The van der Waals surface area contributed by atoms with Crippen LogP contribution >= 0.6 is 15.9 Å². The van der Waals surface area contributed by atoms with Crippen LogP contribution in [0.1, 0.15) is 11.1 Å². The van der Waals surface area contributed by atoms with Gasteiger partial charge in [-0.25, -0.2) is 4.99 Å². The molecule has 5 heteroatoms. The second-order valence-corrected chi connectivity index (χ2v) is 3.96. The van der Waals surface area contributed by atoms with Crippen molar-refractivity contribution < 1.29 is 4.39 Å². The first-order valence-corrected chi connectivity index (χ1v) is 5.31. The van der Waals surface area contributed by atoms with E-state index < -0.39 is 0 Å². The van der Waals surface area contributed by atoms with Crippen molar-refractivity contribution in [3.05, 3.63) is 33.8 Å². The zero-order valence-corrected chi connectivity index (χ0v) is 9.80. The molecule has 0 aliphatic carbocycles. The predicted octanol–water partition coefficient (Wildman–Crippen LogP) is 1.73. The Balaban J connectivity index is 2.77. The highest BCUT2D eigenvalue weighted by molar-refractivity contribution is 9.10. The third-order valence-electron chi connectivity index (χ3n) is 1.93. The molecular formula is C10H13BrFN3. The van der Waals surface area contributed by atoms with Crippen LogP contribution < -0.4 is 11.5 Å². The largest absolute Gasteiger partial charge is 0.370 e. The smallest absolute Gasteiger partial charge is 0.186 e. The van der Waals surface area contributed by atoms with Crippen molar-refractivity contribution in [1.29, 1.82) is 0 Å². The lowest BCUT2D eigenvalue weighted by Gasteiger charge is -2.04. The van der Waals surface area contributed by atoms with E-state index in [9.17, 15) is 4.39 Å². The van der Waals surface area contributed by atoms with Gasteiger partial charge in [-0.3, -0.25) is 4.39 Å². The molecule has 4 N–H and O–H groups in total. The van der Waals surface area contributed by atoms with Gasteiger partial charge in [-0.2, -0.15) is 0 Å². The first-order chi connectivity index (χ1) is 7.13. The van der Waals surface area contributed by atoms with E-state index >= 15 is 0 Å². The molecule has 0 aromatic heterocycles. The van der Waals surface area contributed by atoms with Crippen LogP contribution in [-0.4, -0.2) is 12.6 Å². The number of guanidine groups is 1. The fourth-order valence-corrected chi connectivity index (χ4v) is 1.80. The topological polar surface area (TPSA) is 64.4 Å². The molecule has 0 atom stereocenters. The number of aryl methyl sites for hydroxylation is 1. The third-order valence-corrected chi connectivity index (χ3v) is 2.66. The van der Waals surface area contributed by atoms with Crippen LogP contribution in [0.5, 0.6) is 0 Å². The van der Waals surface area contributed by atoms with Crippen molar-refractivity contribution in [3.8, 4) is 0 Å². The highest BCUT2D eigenvalue weighted by Crippen LogP contribution is 2.19. The van der Waals surface area contributed by atoms with Crippen molar-refractivity contribution in [2.75, 3.05) is 6.67 Å². The summed E-state index contributed by atoms with van der Waals surface area (Å²) in [6.45, 7) is 0.0860. The molecule has 0 fully saturated rings. The molecule has 0 bridgehead atoms. The summed E-state index contributed by atoms with van der Waals surface area (Å²) in [5.41, 5.74) is 12.4. The Morgan fingerprint density at radius 3 is 2.67 bits per heavy atom. The van der Waals surface area contributed by atoms with Gasteiger partial charge in [0.05, 0.1) is 13.2 Å². The number of hydrogen-bond acceptors (Lipinski definition) is 1. The quantitative estimate of drug-likeness (QED) is 0.648. The Kier molecular flexibility index (Phi) is 4.55. The first kappa shape index (κ1) is 12.0. The van der Waals surface area contributed by atoms with Gasteiger partial charge in [0, 0.05) is 10.9 Å². The zero-order valence-electron chi connectivity index (χ0n) is 8.21. The molecule has 0 spiro atoms. The Bertz CT molecular complexity index is 362. The number of alkyl halides is 1. The van der Waals surface area contributed by atoms with Crippen LogP contribution in [0.3, 0.4) is 0 Å². The van der Waals surface area contributed by atoms with Crippen molar-refractivity contribution >= 4 is 21.9 Å². The second-order valence-electron chi connectivity index (χ2n) is 3.11. The van der Waals surface area contributed by atoms with Gasteiger partial charge in [-0.05, 0) is 17.2 Å². The molecule has 0 radical (unpaired) electrons. The molecule has 0 saturated heterocycles. The normalized spacial score (nSPS) is 10.0. The number of halogens is 2. The summed E-state index contributed by atoms with van der Waals surface area (Å²) in [4.78, 5) is 3.89. The standard InChI is InChI=1S/C10H13BrFN3/c11-9-5-7(6-15-10(13)14)1-2-8(9)3-4-12/h1-2,5H,3-4,6H2,(H4,13,14,15). The average molecular weight is 274 g/mol. The first-order valence-electron chi connectivity index (χ1n) is 4.52. The molecule has 0 aliphatic heterocycles. The van der Waals surface area contributed by atoms with Gasteiger partial charge in [0.2, 0.25) is 0 Å². The van der Waals surface area contributed by atoms with Crippen LogP contribution in [0.2, 0.25) is 0 Å². The fourth-order valence-electron chi connectivity index (χ4n) is 1.18. The molecule has 0 heterocycles. The fraction of sp³-hybridized carbons (Fsp3) is 0.300. The summed E-state index contributed by atoms with van der Waals surface area (Å²) < 4.78 is 13.0. The Morgan fingerprint density at radius 2 is 2.13 bits per heavy atom. The van der Waals surface area contributed by atoms with Crippen LogP contribution in [0, 0.1) is 0 Å². The number of rotatable bonds is 4. The molecule has 1 rings (SSSR count). The minimum absolute atomic E-state index is 0.0685. The van der Waals surface area contributed by atoms with Gasteiger partial charge in [-0.15, -0.1) is 0 Å². The second kappa shape index (κ2) is 5.70. The third kappa shape index (κ3) is 3.87. The van der Waals surface area contributed by atoms with Crippen molar-refractivity contribution in [1.82, 2.24) is 0 Å². The van der Waals surface area contributed by atoms with Gasteiger partial charge in [0.1, 0.15) is 0 Å². The van der Waals surface area contributed by atoms with Crippen LogP contribution in [-0.2, 0) is 13.0 Å². The van der Waals surface area contributed by atoms with E-state index in [1.54, 1.807) is 0 Å². The Hall–Kier alpha value is -1.10. The van der Waals surface area contributed by atoms with Gasteiger partial charge in [0.15, 0.2) is 5.96 Å². The number of aliphatic imine (C=N–C) groups is 1. The molecule has 1 aromatic rings. The van der Waals surface area contributed by atoms with Gasteiger partial charge in [-0.1, -0.05) is 28.1 Å². The van der Waals surface area contributed by atoms with Crippen molar-refractivity contribution in [2.24, 2.45) is 16.5 Å². The Labute approximate surface area is 96.5 Å². The highest BCUT2D eigenvalue weighted by Gasteiger charge is 2.01. The van der Waals surface area contributed by atoms with Gasteiger partial charge < -0.3 is 11.5 Å². The lowest BCUT2D eigenvalue weighted by atomic mass is 10.1. The molecule has 0 amide bonds. The van der Waals surface area contributed by atoms with Crippen LogP contribution in [0.25, 0.3) is 0 Å². The lowest BCUT2D eigenvalue weighted by molar-refractivity contribution is 0.495. The summed E-state index contributed by atoms with van der Waals surface area (Å²) in [7, 11) is 0. The van der Waals surface area contributed by atoms with E-state index in [0.29, 0.717) is 13.0 Å². The van der Waals surface area contributed by atoms with E-state index in [1.807, 2.05) is 18.2 Å². The van der Waals surface area contributed by atoms with Crippen LogP contribution in [0.4, 0.5) is 4.39 Å². The summed E-state index contributed by atoms with van der Waals surface area (Å²) in [5, 5.41) is 0. The number of benzene rings is 1. The maximum absolute atomic E-state index is 12.1. The van der Waals surface area contributed by atoms with Gasteiger partial charge >= 0.3 is 0 Å². The van der Waals surface area contributed by atoms with E-state index in [2.05, 4.69) is 20.9 Å². The van der Waals surface area contributed by atoms with Crippen molar-refractivity contribution in [2.45, 2.75) is 13.0 Å². The van der Waals surface area contributed by atoms with E-state index in [0.717, 1.165) is 15.6 Å². The van der Waals surface area contributed by atoms with Gasteiger partial charge in [0.25, 0.3) is 0 Å². The summed E-state index contributed by atoms with van der Waals surface area (Å²) in [6, 6.07) is 5.67. The molecule has 15 heavy (non-hydrogen) atoms. The van der Waals surface area contributed by atoms with Crippen molar-refractivity contribution in [3.63, 3.8) is 0 Å². The number of hydrogen-bond donors (Lipinski definition) is 2. The van der Waals surface area contributed by atoms with E-state index in [1.165, 1.54) is 0 Å². The summed E-state index contributed by atoms with van der Waals surface area (Å²) in [6.07, 6.45) is 0.420. The average Bonchev–Trinajstić information content (AvgIpc) is 2.19. The maximum atomic E-state index is 12.1. The molecule has 3 nitrogen and oxygen atoms in total. The molecule has 0 unspecified atom stereocenters. The number of nitrogens with zero attached hydrogens (tertiary/aromatic N) is 1. The molecule has 1 aromatic carbocycles. The monoisotopic (exact) mass is 273 g/mol.